The van der Waals surface area contributed by atoms with Gasteiger partial charge in [0.25, 0.3) is 5.88 Å². The third kappa shape index (κ3) is 6.13. The van der Waals surface area contributed by atoms with Crippen LogP contribution in [0.2, 0.25) is 0 Å². The first-order valence-electron chi connectivity index (χ1n) is 14.2. The number of aromatic nitrogens is 1. The number of benzene rings is 2. The number of nitrogen functional groups attached to an aromatic ring is 1. The fraction of sp³-hybridized carbons (Fsp3) is 0.355. The van der Waals surface area contributed by atoms with Crippen molar-refractivity contribution in [1.82, 2.24) is 9.88 Å². The maximum atomic E-state index is 15.7. The van der Waals surface area contributed by atoms with Gasteiger partial charge in [-0.3, -0.25) is 20.1 Å². The van der Waals surface area contributed by atoms with E-state index < -0.39 is 29.4 Å². The predicted octanol–water partition coefficient (Wildman–Crippen LogP) is 5.12. The number of aromatic hydroxyl groups is 1. The lowest BCUT2D eigenvalue weighted by Crippen LogP contribution is -2.39. The second kappa shape index (κ2) is 12.8. The number of ether oxygens (including phenoxy) is 3. The van der Waals surface area contributed by atoms with Gasteiger partial charge in [-0.15, -0.1) is 0 Å². The van der Waals surface area contributed by atoms with Crippen LogP contribution < -0.4 is 20.1 Å². The second-order valence-corrected chi connectivity index (χ2v) is 10.7. The smallest absolute Gasteiger partial charge is 0.311 e. The Hall–Kier alpha value is -4.78. The summed E-state index contributed by atoms with van der Waals surface area (Å²) in [5.41, 5.74) is 7.07. The Balaban J connectivity index is 1.48. The van der Waals surface area contributed by atoms with E-state index in [0.717, 1.165) is 31.1 Å². The molecule has 0 spiro atoms. The van der Waals surface area contributed by atoms with Gasteiger partial charge in [-0.2, -0.15) is 4.39 Å². The summed E-state index contributed by atoms with van der Waals surface area (Å²) in [6.07, 6.45) is 4.45. The summed E-state index contributed by atoms with van der Waals surface area (Å²) in [6, 6.07) is 9.00. The number of esters is 1. The molecule has 1 saturated carbocycles. The number of hydrogen-bond acceptors (Lipinski definition) is 10. The summed E-state index contributed by atoms with van der Waals surface area (Å²) < 4.78 is 47.3. The third-order valence-corrected chi connectivity index (χ3v) is 7.87. The summed E-state index contributed by atoms with van der Waals surface area (Å²) in [6.45, 7) is 2.67. The molecule has 3 aromatic rings. The first-order chi connectivity index (χ1) is 21.1. The Kier molecular flexibility index (Phi) is 8.95. The van der Waals surface area contributed by atoms with Crippen molar-refractivity contribution >= 4 is 23.7 Å². The number of rotatable bonds is 10. The van der Waals surface area contributed by atoms with Gasteiger partial charge in [0.2, 0.25) is 11.6 Å². The van der Waals surface area contributed by atoms with Gasteiger partial charge in [0.05, 0.1) is 18.7 Å². The molecule has 5 rings (SSSR count). The van der Waals surface area contributed by atoms with Crippen LogP contribution in [0.1, 0.15) is 43.5 Å². The highest BCUT2D eigenvalue weighted by molar-refractivity contribution is 5.95. The normalized spacial score (nSPS) is 19.6. The summed E-state index contributed by atoms with van der Waals surface area (Å²) in [7, 11) is 3.78. The SMILES string of the molecule is CCOC(=O)C1CCCC1N(C)c1ccc(Oc2c(F)cnc(Oc3cc(C(=N)N)ccc3O)c2F)c(C2N=CCN2C)c1. The molecule has 1 aliphatic carbocycles. The largest absolute Gasteiger partial charge is 0.504 e. The number of nitrogens with two attached hydrogens (primary N) is 1. The number of anilines is 1. The highest BCUT2D eigenvalue weighted by atomic mass is 19.1. The highest BCUT2D eigenvalue weighted by Crippen LogP contribution is 2.42. The van der Waals surface area contributed by atoms with Crippen molar-refractivity contribution in [1.29, 1.82) is 5.41 Å². The standard InChI is InChI=1S/C31H34F2N6O5/c1-4-42-31(41)19-6-5-7-22(19)39(3)18-9-11-24(20(15-18)29-36-12-13-38(29)2)43-27-21(32)16-37-30(26(27)33)44-25-14-17(28(34)35)8-10-23(25)40/h8-12,14-16,19,22,29,40H,4-7,13H2,1-3H3,(H3,34,35). The first kappa shape index (κ1) is 30.7. The average molecular weight is 609 g/mol. The quantitative estimate of drug-likeness (QED) is 0.162. The van der Waals surface area contributed by atoms with Crippen LogP contribution >= 0.6 is 0 Å². The van der Waals surface area contributed by atoms with Crippen molar-refractivity contribution in [3.05, 3.63) is 65.4 Å². The lowest BCUT2D eigenvalue weighted by molar-refractivity contribution is -0.148. The Morgan fingerprint density at radius 2 is 1.98 bits per heavy atom. The molecule has 0 bridgehead atoms. The Morgan fingerprint density at radius 3 is 2.68 bits per heavy atom. The van der Waals surface area contributed by atoms with E-state index in [-0.39, 0.29) is 46.6 Å². The molecule has 44 heavy (non-hydrogen) atoms. The van der Waals surface area contributed by atoms with Crippen LogP contribution in [0.4, 0.5) is 14.5 Å². The number of amidine groups is 1. The van der Waals surface area contributed by atoms with Crippen LogP contribution in [0, 0.1) is 23.0 Å². The van der Waals surface area contributed by atoms with Crippen LogP contribution in [-0.4, -0.2) is 66.3 Å². The van der Waals surface area contributed by atoms with E-state index in [2.05, 4.69) is 9.98 Å². The van der Waals surface area contributed by atoms with Gasteiger partial charge >= 0.3 is 5.97 Å². The van der Waals surface area contributed by atoms with E-state index in [9.17, 15) is 9.90 Å². The lowest BCUT2D eigenvalue weighted by Gasteiger charge is -2.32. The van der Waals surface area contributed by atoms with Crippen molar-refractivity contribution in [2.24, 2.45) is 16.6 Å². The molecule has 0 amide bonds. The molecule has 1 aromatic heterocycles. The van der Waals surface area contributed by atoms with Crippen LogP contribution in [0.5, 0.6) is 28.9 Å². The van der Waals surface area contributed by atoms with Crippen molar-refractivity contribution in [3.8, 4) is 28.9 Å². The number of pyridine rings is 1. The molecule has 4 N–H and O–H groups in total. The molecule has 11 nitrogen and oxygen atoms in total. The van der Waals surface area contributed by atoms with E-state index in [1.807, 2.05) is 30.0 Å². The number of hydrogen-bond donors (Lipinski definition) is 3. The van der Waals surface area contributed by atoms with Crippen LogP contribution in [0.3, 0.4) is 0 Å². The molecular weight excluding hydrogens is 574 g/mol. The predicted molar refractivity (Wildman–Crippen MR) is 160 cm³/mol. The van der Waals surface area contributed by atoms with Gasteiger partial charge in [-0.25, -0.2) is 9.37 Å². The lowest BCUT2D eigenvalue weighted by atomic mass is 10.0. The van der Waals surface area contributed by atoms with E-state index in [1.54, 1.807) is 25.3 Å². The summed E-state index contributed by atoms with van der Waals surface area (Å²) >= 11 is 0. The number of nitrogens with one attached hydrogen (secondary N) is 1. The van der Waals surface area contributed by atoms with Crippen molar-refractivity contribution in [2.45, 2.75) is 38.4 Å². The van der Waals surface area contributed by atoms with E-state index >= 15 is 8.78 Å². The zero-order chi connectivity index (χ0) is 31.5. The van der Waals surface area contributed by atoms with Crippen molar-refractivity contribution in [3.63, 3.8) is 0 Å². The van der Waals surface area contributed by atoms with Crippen molar-refractivity contribution < 1.29 is 32.9 Å². The van der Waals surface area contributed by atoms with Gasteiger partial charge in [0, 0.05) is 42.7 Å². The summed E-state index contributed by atoms with van der Waals surface area (Å²) in [5.74, 6) is -4.94. The van der Waals surface area contributed by atoms with Crippen LogP contribution in [0.15, 0.2) is 47.6 Å². The molecule has 2 aliphatic rings. The van der Waals surface area contributed by atoms with Crippen LogP contribution in [0.25, 0.3) is 0 Å². The Labute approximate surface area is 253 Å². The van der Waals surface area contributed by atoms with E-state index in [1.165, 1.54) is 18.2 Å². The summed E-state index contributed by atoms with van der Waals surface area (Å²) in [4.78, 5) is 24.9. The Bertz CT molecular complexity index is 1600. The molecule has 13 heteroatoms. The zero-order valence-electron chi connectivity index (χ0n) is 24.6. The zero-order valence-corrected chi connectivity index (χ0v) is 24.6. The molecule has 1 aliphatic heterocycles. The fourth-order valence-corrected chi connectivity index (χ4v) is 5.55. The van der Waals surface area contributed by atoms with Gasteiger partial charge in [0.15, 0.2) is 17.3 Å². The molecular formula is C31H34F2N6O5. The van der Waals surface area contributed by atoms with E-state index in [0.29, 0.717) is 18.7 Å². The molecule has 3 atom stereocenters. The number of aliphatic imine (C=N–C) groups is 1. The van der Waals surface area contributed by atoms with Gasteiger partial charge < -0.3 is 30.0 Å². The van der Waals surface area contributed by atoms with Gasteiger partial charge in [0.1, 0.15) is 17.8 Å². The minimum atomic E-state index is -1.24. The molecule has 232 valence electrons. The van der Waals surface area contributed by atoms with Gasteiger partial charge in [-0.05, 0) is 63.2 Å². The monoisotopic (exact) mass is 608 g/mol. The molecule has 2 aromatic carbocycles. The third-order valence-electron chi connectivity index (χ3n) is 7.87. The molecule has 3 unspecified atom stereocenters. The highest BCUT2D eigenvalue weighted by Gasteiger charge is 2.37. The van der Waals surface area contributed by atoms with Crippen molar-refractivity contribution in [2.75, 3.05) is 32.1 Å². The number of nitrogens with zero attached hydrogens (tertiary/aromatic N) is 4. The summed E-state index contributed by atoms with van der Waals surface area (Å²) in [5, 5.41) is 17.8. The molecule has 0 saturated heterocycles. The number of carbonyl (C=O) groups excluding carboxylic acids is 1. The minimum absolute atomic E-state index is 0.0776. The fourth-order valence-electron chi connectivity index (χ4n) is 5.55. The number of phenols is 1. The Morgan fingerprint density at radius 1 is 1.18 bits per heavy atom. The second-order valence-electron chi connectivity index (χ2n) is 10.7. The molecule has 2 heterocycles. The number of phenolic OH excluding ortho intramolecular Hbond substituents is 1. The van der Waals surface area contributed by atoms with Crippen LogP contribution in [-0.2, 0) is 9.53 Å². The molecule has 0 radical (unpaired) electrons. The maximum Gasteiger partial charge on any atom is 0.311 e. The van der Waals surface area contributed by atoms with E-state index in [4.69, 9.17) is 25.4 Å². The van der Waals surface area contributed by atoms with Gasteiger partial charge in [-0.1, -0.05) is 6.42 Å². The average Bonchev–Trinajstić information content (AvgIpc) is 3.67. The molecule has 1 fully saturated rings. The number of halogens is 2. The maximum absolute atomic E-state index is 15.7. The topological polar surface area (TPSA) is 147 Å². The number of carbonyl (C=O) groups is 1. The minimum Gasteiger partial charge on any atom is -0.504 e. The first-order valence-corrected chi connectivity index (χ1v) is 14.2.